The van der Waals surface area contributed by atoms with Crippen molar-refractivity contribution in [2.75, 3.05) is 29.5 Å². The molecule has 2 rings (SSSR count). The summed E-state index contributed by atoms with van der Waals surface area (Å²) >= 11 is 0. The van der Waals surface area contributed by atoms with Crippen LogP contribution in [-0.2, 0) is 16.0 Å². The third-order valence-electron chi connectivity index (χ3n) is 3.51. The minimum absolute atomic E-state index is 0.0627. The molecular weight excluding hydrogens is 266 g/mol. The average molecular weight is 291 g/mol. The summed E-state index contributed by atoms with van der Waals surface area (Å²) in [5.41, 5.74) is 9.66. The summed E-state index contributed by atoms with van der Waals surface area (Å²) in [6, 6.07) is 3.89. The average Bonchev–Trinajstić information content (AvgIpc) is 2.42. The van der Waals surface area contributed by atoms with E-state index in [1.807, 2.05) is 19.9 Å². The summed E-state index contributed by atoms with van der Waals surface area (Å²) in [5.74, 6) is 0.0627. The molecule has 0 spiro atoms. The van der Waals surface area contributed by atoms with E-state index in [0.717, 1.165) is 49.4 Å². The molecule has 0 saturated heterocycles. The number of carbonyl (C=O) groups excluding carboxylic acids is 1. The zero-order valence-corrected chi connectivity index (χ0v) is 12.9. The number of benzene rings is 1. The van der Waals surface area contributed by atoms with Crippen LogP contribution in [0.15, 0.2) is 12.1 Å². The molecule has 0 atom stereocenters. The van der Waals surface area contributed by atoms with Crippen LogP contribution in [0, 0.1) is 0 Å². The zero-order chi connectivity index (χ0) is 15.2. The first-order valence-corrected chi connectivity index (χ1v) is 7.64. The number of hydrogen-bond donors (Lipinski definition) is 3. The molecule has 0 radical (unpaired) electrons. The Kier molecular flexibility index (Phi) is 5.44. The summed E-state index contributed by atoms with van der Waals surface area (Å²) in [6.45, 7) is 5.76. The lowest BCUT2D eigenvalue weighted by Gasteiger charge is -2.19. The SMILES string of the molecule is CC(C)OCCCCNc1cc2c(cc1N)NC(=O)CC2. The van der Waals surface area contributed by atoms with Crippen molar-refractivity contribution in [2.24, 2.45) is 0 Å². The molecule has 1 aromatic rings. The van der Waals surface area contributed by atoms with Gasteiger partial charge in [0.25, 0.3) is 0 Å². The Hall–Kier alpha value is -1.75. The van der Waals surface area contributed by atoms with Crippen molar-refractivity contribution >= 4 is 23.0 Å². The predicted octanol–water partition coefficient (Wildman–Crippen LogP) is 2.77. The highest BCUT2D eigenvalue weighted by atomic mass is 16.5. The van der Waals surface area contributed by atoms with Crippen LogP contribution in [-0.4, -0.2) is 25.2 Å². The van der Waals surface area contributed by atoms with E-state index < -0.39 is 0 Å². The maximum atomic E-state index is 11.4. The zero-order valence-electron chi connectivity index (χ0n) is 12.9. The fourth-order valence-corrected chi connectivity index (χ4v) is 2.37. The molecule has 0 aliphatic carbocycles. The lowest BCUT2D eigenvalue weighted by Crippen LogP contribution is -2.19. The quantitative estimate of drug-likeness (QED) is 0.533. The van der Waals surface area contributed by atoms with Gasteiger partial charge in [-0.25, -0.2) is 0 Å². The van der Waals surface area contributed by atoms with Gasteiger partial charge in [-0.3, -0.25) is 4.79 Å². The van der Waals surface area contributed by atoms with E-state index in [9.17, 15) is 4.79 Å². The highest BCUT2D eigenvalue weighted by Crippen LogP contribution is 2.30. The molecule has 1 aromatic carbocycles. The number of amides is 1. The maximum absolute atomic E-state index is 11.4. The second kappa shape index (κ2) is 7.31. The van der Waals surface area contributed by atoms with Gasteiger partial charge < -0.3 is 21.1 Å². The number of carbonyl (C=O) groups is 1. The summed E-state index contributed by atoms with van der Waals surface area (Å²) in [7, 11) is 0. The van der Waals surface area contributed by atoms with Crippen molar-refractivity contribution in [1.29, 1.82) is 0 Å². The Morgan fingerprint density at radius 2 is 2.14 bits per heavy atom. The van der Waals surface area contributed by atoms with Crippen LogP contribution in [0.5, 0.6) is 0 Å². The fraction of sp³-hybridized carbons (Fsp3) is 0.562. The predicted molar refractivity (Wildman–Crippen MR) is 86.6 cm³/mol. The normalized spacial score (nSPS) is 14.0. The van der Waals surface area contributed by atoms with Gasteiger partial charge in [0, 0.05) is 25.3 Å². The molecule has 0 aromatic heterocycles. The first-order chi connectivity index (χ1) is 10.1. The largest absolute Gasteiger partial charge is 0.397 e. The number of nitrogens with two attached hydrogens (primary N) is 1. The topological polar surface area (TPSA) is 76.4 Å². The van der Waals surface area contributed by atoms with Crippen molar-refractivity contribution in [3.63, 3.8) is 0 Å². The summed E-state index contributed by atoms with van der Waals surface area (Å²) in [6.07, 6.45) is 3.69. The van der Waals surface area contributed by atoms with E-state index in [4.69, 9.17) is 10.5 Å². The van der Waals surface area contributed by atoms with Crippen LogP contribution >= 0.6 is 0 Å². The Morgan fingerprint density at radius 1 is 1.33 bits per heavy atom. The van der Waals surface area contributed by atoms with Crippen LogP contribution in [0.1, 0.15) is 38.7 Å². The Balaban J connectivity index is 1.82. The summed E-state index contributed by atoms with van der Waals surface area (Å²) < 4.78 is 5.51. The van der Waals surface area contributed by atoms with Crippen LogP contribution in [0.25, 0.3) is 0 Å². The van der Waals surface area contributed by atoms with E-state index in [-0.39, 0.29) is 5.91 Å². The fourth-order valence-electron chi connectivity index (χ4n) is 2.37. The maximum Gasteiger partial charge on any atom is 0.224 e. The molecule has 1 amide bonds. The van der Waals surface area contributed by atoms with Gasteiger partial charge in [0.15, 0.2) is 0 Å². The van der Waals surface area contributed by atoms with E-state index in [1.54, 1.807) is 0 Å². The first kappa shape index (κ1) is 15.6. The number of ether oxygens (including phenoxy) is 1. The number of aryl methyl sites for hydroxylation is 1. The highest BCUT2D eigenvalue weighted by Gasteiger charge is 2.16. The molecule has 1 aliphatic heterocycles. The van der Waals surface area contributed by atoms with Crippen LogP contribution in [0.3, 0.4) is 0 Å². The molecule has 4 N–H and O–H groups in total. The third-order valence-corrected chi connectivity index (χ3v) is 3.51. The Labute approximate surface area is 126 Å². The molecule has 0 unspecified atom stereocenters. The third kappa shape index (κ3) is 4.63. The summed E-state index contributed by atoms with van der Waals surface area (Å²) in [4.78, 5) is 11.4. The number of nitrogen functional groups attached to an aromatic ring is 1. The van der Waals surface area contributed by atoms with E-state index in [0.29, 0.717) is 18.2 Å². The van der Waals surface area contributed by atoms with E-state index in [1.165, 1.54) is 0 Å². The minimum atomic E-state index is 0.0627. The van der Waals surface area contributed by atoms with Gasteiger partial charge in [-0.05, 0) is 50.8 Å². The monoisotopic (exact) mass is 291 g/mol. The smallest absolute Gasteiger partial charge is 0.224 e. The lowest BCUT2D eigenvalue weighted by molar-refractivity contribution is -0.116. The lowest BCUT2D eigenvalue weighted by atomic mass is 10.0. The highest BCUT2D eigenvalue weighted by molar-refractivity contribution is 5.95. The van der Waals surface area contributed by atoms with Crippen molar-refractivity contribution < 1.29 is 9.53 Å². The molecule has 116 valence electrons. The minimum Gasteiger partial charge on any atom is -0.397 e. The number of anilines is 3. The Morgan fingerprint density at radius 3 is 2.90 bits per heavy atom. The number of unbranched alkanes of at least 4 members (excludes halogenated alkanes) is 1. The molecule has 0 saturated carbocycles. The Bertz CT molecular complexity index is 501. The van der Waals surface area contributed by atoms with Gasteiger partial charge in [-0.1, -0.05) is 0 Å². The number of fused-ring (bicyclic) bond motifs is 1. The molecular formula is C16H25N3O2. The molecule has 0 bridgehead atoms. The van der Waals surface area contributed by atoms with Crippen LogP contribution in [0.2, 0.25) is 0 Å². The summed E-state index contributed by atoms with van der Waals surface area (Å²) in [5, 5.41) is 6.23. The van der Waals surface area contributed by atoms with E-state index >= 15 is 0 Å². The van der Waals surface area contributed by atoms with Crippen LogP contribution < -0.4 is 16.4 Å². The molecule has 21 heavy (non-hydrogen) atoms. The van der Waals surface area contributed by atoms with Crippen molar-refractivity contribution in [3.05, 3.63) is 17.7 Å². The number of nitrogens with one attached hydrogen (secondary N) is 2. The molecule has 5 heteroatoms. The second-order valence-corrected chi connectivity index (χ2v) is 5.70. The molecule has 0 fully saturated rings. The van der Waals surface area contributed by atoms with Gasteiger partial charge in [0.2, 0.25) is 5.91 Å². The standard InChI is InChI=1S/C16H25N3O2/c1-11(2)21-8-4-3-7-18-15-9-12-5-6-16(20)19-14(12)10-13(15)17/h9-11,18H,3-8,17H2,1-2H3,(H,19,20). The number of rotatable bonds is 7. The van der Waals surface area contributed by atoms with Gasteiger partial charge in [-0.15, -0.1) is 0 Å². The first-order valence-electron chi connectivity index (χ1n) is 7.64. The van der Waals surface area contributed by atoms with Crippen molar-refractivity contribution in [3.8, 4) is 0 Å². The van der Waals surface area contributed by atoms with Crippen molar-refractivity contribution in [2.45, 2.75) is 45.6 Å². The number of hydrogen-bond acceptors (Lipinski definition) is 4. The van der Waals surface area contributed by atoms with E-state index in [2.05, 4.69) is 16.7 Å². The van der Waals surface area contributed by atoms with Gasteiger partial charge in [-0.2, -0.15) is 0 Å². The molecule has 1 heterocycles. The van der Waals surface area contributed by atoms with Crippen molar-refractivity contribution in [1.82, 2.24) is 0 Å². The van der Waals surface area contributed by atoms with Crippen LogP contribution in [0.4, 0.5) is 17.1 Å². The molecule has 1 aliphatic rings. The molecule has 5 nitrogen and oxygen atoms in total. The van der Waals surface area contributed by atoms with Gasteiger partial charge in [0.1, 0.15) is 0 Å². The van der Waals surface area contributed by atoms with Gasteiger partial charge in [0.05, 0.1) is 17.5 Å². The second-order valence-electron chi connectivity index (χ2n) is 5.70. The van der Waals surface area contributed by atoms with Gasteiger partial charge >= 0.3 is 0 Å².